The first-order valence-electron chi connectivity index (χ1n) is 7.58. The third-order valence-corrected chi connectivity index (χ3v) is 4.42. The van der Waals surface area contributed by atoms with Crippen molar-refractivity contribution in [2.45, 2.75) is 19.8 Å². The number of carbonyl (C=O) groups is 1. The van der Waals surface area contributed by atoms with E-state index in [1.54, 1.807) is 6.20 Å². The number of aryl methyl sites for hydroxylation is 1. The number of hydrogen-bond acceptors (Lipinski definition) is 2. The zero-order chi connectivity index (χ0) is 15.5. The van der Waals surface area contributed by atoms with E-state index in [9.17, 15) is 4.79 Å². The summed E-state index contributed by atoms with van der Waals surface area (Å²) in [6, 6.07) is 11.7. The summed E-state index contributed by atoms with van der Waals surface area (Å²) in [7, 11) is 0. The van der Waals surface area contributed by atoms with Gasteiger partial charge in [0.05, 0.1) is 5.56 Å². The van der Waals surface area contributed by atoms with Crippen molar-refractivity contribution >= 4 is 17.5 Å². The molecule has 0 spiro atoms. The molecule has 1 aliphatic rings. The van der Waals surface area contributed by atoms with Crippen molar-refractivity contribution in [2.75, 3.05) is 13.1 Å². The van der Waals surface area contributed by atoms with Gasteiger partial charge in [-0.15, -0.1) is 0 Å². The van der Waals surface area contributed by atoms with Gasteiger partial charge in [0, 0.05) is 30.0 Å². The molecule has 1 aromatic heterocycles. The fourth-order valence-electron chi connectivity index (χ4n) is 2.91. The highest BCUT2D eigenvalue weighted by atomic mass is 35.5. The monoisotopic (exact) mass is 314 g/mol. The molecular weight excluding hydrogens is 296 g/mol. The minimum absolute atomic E-state index is 0.0890. The summed E-state index contributed by atoms with van der Waals surface area (Å²) in [5.41, 5.74) is 2.89. The number of amides is 1. The molecule has 1 aromatic carbocycles. The minimum Gasteiger partial charge on any atom is -0.338 e. The van der Waals surface area contributed by atoms with E-state index in [-0.39, 0.29) is 5.91 Å². The topological polar surface area (TPSA) is 33.2 Å². The van der Waals surface area contributed by atoms with E-state index in [1.807, 2.05) is 36.1 Å². The van der Waals surface area contributed by atoms with Gasteiger partial charge in [-0.1, -0.05) is 23.7 Å². The van der Waals surface area contributed by atoms with Gasteiger partial charge in [0.2, 0.25) is 0 Å². The van der Waals surface area contributed by atoms with Crippen LogP contribution in [0.25, 0.3) is 0 Å². The second-order valence-corrected chi connectivity index (χ2v) is 6.36. The Morgan fingerprint density at radius 1 is 1.27 bits per heavy atom. The smallest absolute Gasteiger partial charge is 0.255 e. The van der Waals surface area contributed by atoms with Crippen molar-refractivity contribution in [3.8, 4) is 0 Å². The Morgan fingerprint density at radius 3 is 2.73 bits per heavy atom. The first-order valence-corrected chi connectivity index (χ1v) is 7.96. The summed E-state index contributed by atoms with van der Waals surface area (Å²) in [4.78, 5) is 18.6. The molecule has 0 radical (unpaired) electrons. The van der Waals surface area contributed by atoms with Gasteiger partial charge in [0.1, 0.15) is 0 Å². The van der Waals surface area contributed by atoms with Crippen LogP contribution in [0.15, 0.2) is 42.6 Å². The van der Waals surface area contributed by atoms with Gasteiger partial charge in [-0.3, -0.25) is 9.78 Å². The summed E-state index contributed by atoms with van der Waals surface area (Å²) in [5, 5.41) is 0.763. The van der Waals surface area contributed by atoms with Crippen LogP contribution in [0.2, 0.25) is 5.02 Å². The molecule has 1 saturated heterocycles. The van der Waals surface area contributed by atoms with E-state index in [2.05, 4.69) is 17.1 Å². The molecule has 22 heavy (non-hydrogen) atoms. The maximum Gasteiger partial charge on any atom is 0.255 e. The van der Waals surface area contributed by atoms with E-state index in [0.29, 0.717) is 11.5 Å². The summed E-state index contributed by atoms with van der Waals surface area (Å²) in [6.07, 6.45) is 3.71. The average Bonchev–Trinajstić information content (AvgIpc) is 2.98. The Labute approximate surface area is 135 Å². The Balaban J connectivity index is 1.61. The van der Waals surface area contributed by atoms with Crippen LogP contribution < -0.4 is 0 Å². The SMILES string of the molecule is Cc1ccc(C(=O)N2CCC(Cc3ccc(Cl)cc3)C2)cn1. The fraction of sp³-hybridized carbons (Fsp3) is 0.333. The summed E-state index contributed by atoms with van der Waals surface area (Å²) in [5.74, 6) is 0.606. The zero-order valence-corrected chi connectivity index (χ0v) is 13.4. The molecule has 2 heterocycles. The molecule has 2 aromatic rings. The highest BCUT2D eigenvalue weighted by Crippen LogP contribution is 2.23. The first-order chi connectivity index (χ1) is 10.6. The Bertz CT molecular complexity index is 652. The molecule has 1 aliphatic heterocycles. The Morgan fingerprint density at radius 2 is 2.05 bits per heavy atom. The molecule has 3 nitrogen and oxygen atoms in total. The number of likely N-dealkylation sites (tertiary alicyclic amines) is 1. The van der Waals surface area contributed by atoms with Crippen molar-refractivity contribution in [2.24, 2.45) is 5.92 Å². The quantitative estimate of drug-likeness (QED) is 0.864. The lowest BCUT2D eigenvalue weighted by atomic mass is 9.99. The van der Waals surface area contributed by atoms with Crippen LogP contribution in [0.3, 0.4) is 0 Å². The third-order valence-electron chi connectivity index (χ3n) is 4.17. The third kappa shape index (κ3) is 3.47. The van der Waals surface area contributed by atoms with Crippen molar-refractivity contribution in [3.63, 3.8) is 0 Å². The average molecular weight is 315 g/mol. The molecule has 1 unspecified atom stereocenters. The molecule has 3 rings (SSSR count). The van der Waals surface area contributed by atoms with Crippen molar-refractivity contribution in [1.29, 1.82) is 0 Å². The number of nitrogens with zero attached hydrogens (tertiary/aromatic N) is 2. The Hall–Kier alpha value is -1.87. The molecule has 0 bridgehead atoms. The van der Waals surface area contributed by atoms with Gasteiger partial charge in [0.25, 0.3) is 5.91 Å². The van der Waals surface area contributed by atoms with E-state index in [1.165, 1.54) is 5.56 Å². The molecule has 4 heteroatoms. The van der Waals surface area contributed by atoms with Crippen LogP contribution in [0, 0.1) is 12.8 Å². The number of pyridine rings is 1. The second kappa shape index (κ2) is 6.49. The number of hydrogen-bond donors (Lipinski definition) is 0. The molecule has 1 atom stereocenters. The molecular formula is C18H19ClN2O. The largest absolute Gasteiger partial charge is 0.338 e. The first kappa shape index (κ1) is 15.0. The summed E-state index contributed by atoms with van der Waals surface area (Å²) in [6.45, 7) is 3.56. The zero-order valence-electron chi connectivity index (χ0n) is 12.6. The van der Waals surface area contributed by atoms with Crippen LogP contribution in [0.5, 0.6) is 0 Å². The van der Waals surface area contributed by atoms with Crippen molar-refractivity contribution in [1.82, 2.24) is 9.88 Å². The maximum atomic E-state index is 12.5. The van der Waals surface area contributed by atoms with Gasteiger partial charge < -0.3 is 4.90 Å². The highest BCUT2D eigenvalue weighted by Gasteiger charge is 2.27. The molecule has 1 fully saturated rings. The standard InChI is InChI=1S/C18H19ClN2O/c1-13-2-5-16(11-20-13)18(22)21-9-8-15(12-21)10-14-3-6-17(19)7-4-14/h2-7,11,15H,8-10,12H2,1H3. The number of benzene rings is 1. The lowest BCUT2D eigenvalue weighted by molar-refractivity contribution is 0.0786. The van der Waals surface area contributed by atoms with Crippen molar-refractivity contribution in [3.05, 3.63) is 64.4 Å². The lowest BCUT2D eigenvalue weighted by Gasteiger charge is -2.16. The van der Waals surface area contributed by atoms with Crippen molar-refractivity contribution < 1.29 is 4.79 Å². The molecule has 1 amide bonds. The van der Waals surface area contributed by atoms with Crippen LogP contribution in [0.1, 0.15) is 28.0 Å². The molecule has 0 saturated carbocycles. The number of carbonyl (C=O) groups excluding carboxylic acids is 1. The van der Waals surface area contributed by atoms with E-state index >= 15 is 0 Å². The lowest BCUT2D eigenvalue weighted by Crippen LogP contribution is -2.29. The summed E-state index contributed by atoms with van der Waals surface area (Å²) < 4.78 is 0. The van der Waals surface area contributed by atoms with Gasteiger partial charge >= 0.3 is 0 Å². The predicted molar refractivity (Wildman–Crippen MR) is 88.1 cm³/mol. The van der Waals surface area contributed by atoms with Crippen LogP contribution in [-0.2, 0) is 6.42 Å². The highest BCUT2D eigenvalue weighted by molar-refractivity contribution is 6.30. The van der Waals surface area contributed by atoms with E-state index < -0.39 is 0 Å². The molecule has 0 N–H and O–H groups in total. The van der Waals surface area contributed by atoms with Gasteiger partial charge in [-0.05, 0) is 55.5 Å². The van der Waals surface area contributed by atoms with E-state index in [4.69, 9.17) is 11.6 Å². The summed E-state index contributed by atoms with van der Waals surface area (Å²) >= 11 is 5.91. The molecule has 114 valence electrons. The van der Waals surface area contributed by atoms with Crippen LogP contribution in [0.4, 0.5) is 0 Å². The number of halogens is 1. The normalized spacial score (nSPS) is 17.7. The number of rotatable bonds is 3. The number of aromatic nitrogens is 1. The fourth-order valence-corrected chi connectivity index (χ4v) is 3.04. The van der Waals surface area contributed by atoms with Crippen LogP contribution >= 0.6 is 11.6 Å². The van der Waals surface area contributed by atoms with E-state index in [0.717, 1.165) is 36.6 Å². The van der Waals surface area contributed by atoms with Gasteiger partial charge in [-0.2, -0.15) is 0 Å². The van der Waals surface area contributed by atoms with Gasteiger partial charge in [-0.25, -0.2) is 0 Å². The maximum absolute atomic E-state index is 12.5. The van der Waals surface area contributed by atoms with Crippen LogP contribution in [-0.4, -0.2) is 28.9 Å². The minimum atomic E-state index is 0.0890. The van der Waals surface area contributed by atoms with Gasteiger partial charge in [0.15, 0.2) is 0 Å². The molecule has 0 aliphatic carbocycles. The Kier molecular flexibility index (Phi) is 4.44. The predicted octanol–water partition coefficient (Wildman–Crippen LogP) is 3.75. The second-order valence-electron chi connectivity index (χ2n) is 5.92.